The third kappa shape index (κ3) is 6.86. The standard InChI is InChI=1S/C39H45ClN4O6S/c1-48-35-7-3-2-4-17-51(47,42-38(46)29-19-31-23-49-16-15-43(31)22-29)41-37(45)27-9-13-36-34(20-27)44(21-28-8-11-32(28)35)24-39(25-50-36)14-5-6-26-18-30(40)10-12-33(26)39/h3,7,9-10,12-13,18-20,22,28,32,35H,2,4-6,8,11,14-17,21,23-25H2,1H3,(H,41,42,45,46,47)/b7-3+/t28-,32+,35-,39-,51?/m0/s1. The highest BCUT2D eigenvalue weighted by atomic mass is 35.5. The average molecular weight is 733 g/mol. The van der Waals surface area contributed by atoms with Crippen LogP contribution in [0.25, 0.3) is 0 Å². The topological polar surface area (TPSA) is 111 Å². The molecule has 1 aromatic heterocycles. The Hall–Kier alpha value is -3.64. The van der Waals surface area contributed by atoms with Gasteiger partial charge in [0.25, 0.3) is 11.8 Å². The first-order chi connectivity index (χ1) is 24.7. The van der Waals surface area contributed by atoms with E-state index in [1.807, 2.05) is 22.8 Å². The zero-order chi connectivity index (χ0) is 35.2. The number of carbonyl (C=O) groups excluding carboxylic acids is 2. The summed E-state index contributed by atoms with van der Waals surface area (Å²) in [6.45, 7) is 3.62. The van der Waals surface area contributed by atoms with Gasteiger partial charge >= 0.3 is 0 Å². The second-order valence-electron chi connectivity index (χ2n) is 14.7. The summed E-state index contributed by atoms with van der Waals surface area (Å²) in [6, 6.07) is 13.3. The Kier molecular flexibility index (Phi) is 9.50. The van der Waals surface area contributed by atoms with E-state index in [1.165, 1.54) is 11.1 Å². The van der Waals surface area contributed by atoms with Crippen molar-refractivity contribution in [2.24, 2.45) is 16.2 Å². The molecule has 1 N–H and O–H groups in total. The minimum atomic E-state index is -3.48. The van der Waals surface area contributed by atoms with E-state index in [2.05, 4.69) is 38.3 Å². The van der Waals surface area contributed by atoms with Crippen molar-refractivity contribution in [3.8, 4) is 5.75 Å². The molecule has 0 saturated heterocycles. The van der Waals surface area contributed by atoms with Crippen LogP contribution in [-0.4, -0.2) is 65.9 Å². The first kappa shape index (κ1) is 34.4. The largest absolute Gasteiger partial charge is 0.490 e. The van der Waals surface area contributed by atoms with Gasteiger partial charge in [-0.1, -0.05) is 29.8 Å². The first-order valence-corrected chi connectivity index (χ1v) is 20.2. The fourth-order valence-corrected chi connectivity index (χ4v) is 10.4. The number of rotatable bonds is 3. The summed E-state index contributed by atoms with van der Waals surface area (Å²) in [7, 11) is -1.71. The Morgan fingerprint density at radius 3 is 2.88 bits per heavy atom. The molecule has 1 spiro atoms. The van der Waals surface area contributed by atoms with Crippen molar-refractivity contribution < 1.29 is 28.0 Å². The number of hydrogen-bond acceptors (Lipinski definition) is 7. The van der Waals surface area contributed by atoms with Crippen LogP contribution >= 0.6 is 11.6 Å². The molecule has 2 aromatic carbocycles. The number of anilines is 1. The van der Waals surface area contributed by atoms with Gasteiger partial charge in [0.2, 0.25) is 0 Å². The van der Waals surface area contributed by atoms with Gasteiger partial charge in [0.1, 0.15) is 15.7 Å². The molecule has 3 aromatic rings. The van der Waals surface area contributed by atoms with Gasteiger partial charge in [-0.25, -0.2) is 4.21 Å². The van der Waals surface area contributed by atoms with Crippen molar-refractivity contribution in [3.63, 3.8) is 0 Å². The number of nitrogens with one attached hydrogen (secondary N) is 1. The van der Waals surface area contributed by atoms with Crippen LogP contribution < -0.4 is 14.4 Å². The van der Waals surface area contributed by atoms with E-state index >= 15 is 0 Å². The molecule has 0 radical (unpaired) electrons. The average Bonchev–Trinajstić information content (AvgIpc) is 3.49. The molecule has 1 saturated carbocycles. The Bertz CT molecular complexity index is 1980. The molecule has 1 fully saturated rings. The van der Waals surface area contributed by atoms with Crippen LogP contribution in [0.15, 0.2) is 65.2 Å². The SMILES string of the molecule is CO[C@H]1/C=C/CCCS(=O)(NC(=O)c2cc3n(c2)CCOC3)=NC(=O)c2ccc3c(c2)N(C[C@@H]2CC[C@H]21)C[C@@]1(CCCc2cc(Cl)ccc21)CO3. The highest BCUT2D eigenvalue weighted by Crippen LogP contribution is 2.47. The van der Waals surface area contributed by atoms with Gasteiger partial charge in [-0.3, -0.25) is 14.3 Å². The summed E-state index contributed by atoms with van der Waals surface area (Å²) in [4.78, 5) is 29.8. The second kappa shape index (κ2) is 14.1. The molecule has 2 amide bonds. The molecule has 2 aliphatic carbocycles. The van der Waals surface area contributed by atoms with Crippen molar-refractivity contribution in [2.45, 2.75) is 69.6 Å². The summed E-state index contributed by atoms with van der Waals surface area (Å²) < 4.78 is 41.5. The van der Waals surface area contributed by atoms with E-state index in [9.17, 15) is 13.8 Å². The number of allylic oxidation sites excluding steroid dienone is 1. The zero-order valence-corrected chi connectivity index (χ0v) is 30.6. The lowest BCUT2D eigenvalue weighted by Gasteiger charge is -2.46. The van der Waals surface area contributed by atoms with Crippen LogP contribution in [-0.2, 0) is 44.4 Å². The number of hydrogen-bond donors (Lipinski definition) is 1. The molecule has 2 bridgehead atoms. The molecule has 1 unspecified atom stereocenters. The van der Waals surface area contributed by atoms with E-state index < -0.39 is 21.7 Å². The van der Waals surface area contributed by atoms with Crippen LogP contribution in [0.2, 0.25) is 5.02 Å². The molecular weight excluding hydrogens is 688 g/mol. The van der Waals surface area contributed by atoms with Crippen LogP contribution in [0, 0.1) is 11.8 Å². The third-order valence-electron chi connectivity index (χ3n) is 11.5. The van der Waals surface area contributed by atoms with E-state index in [0.29, 0.717) is 67.9 Å². The number of ether oxygens (including phenoxy) is 3. The van der Waals surface area contributed by atoms with Crippen molar-refractivity contribution in [2.75, 3.05) is 44.1 Å². The number of amides is 2. The minimum absolute atomic E-state index is 0.0291. The number of halogens is 1. The Balaban J connectivity index is 1.17. The lowest BCUT2D eigenvalue weighted by Crippen LogP contribution is -2.49. The van der Waals surface area contributed by atoms with Crippen molar-refractivity contribution in [1.82, 2.24) is 9.29 Å². The van der Waals surface area contributed by atoms with Crippen molar-refractivity contribution >= 4 is 39.0 Å². The quantitative estimate of drug-likeness (QED) is 0.307. The normalized spacial score (nSPS) is 29.6. The molecule has 5 aliphatic rings. The smallest absolute Gasteiger partial charge is 0.286 e. The number of aromatic nitrogens is 1. The summed E-state index contributed by atoms with van der Waals surface area (Å²) in [5.41, 5.74) is 4.66. The maximum absolute atomic E-state index is 14.4. The molecule has 5 atom stereocenters. The van der Waals surface area contributed by atoms with Crippen LogP contribution in [0.5, 0.6) is 5.75 Å². The van der Waals surface area contributed by atoms with Gasteiger partial charge in [0.05, 0.1) is 42.9 Å². The number of benzene rings is 2. The number of nitrogens with zero attached hydrogens (tertiary/aromatic N) is 3. The predicted octanol–water partition coefficient (Wildman–Crippen LogP) is 6.49. The Morgan fingerprint density at radius 2 is 2.06 bits per heavy atom. The number of aryl methyl sites for hydroxylation is 1. The van der Waals surface area contributed by atoms with Gasteiger partial charge in [-0.15, -0.1) is 4.36 Å². The third-order valence-corrected chi connectivity index (χ3v) is 13.5. The monoisotopic (exact) mass is 732 g/mol. The number of methoxy groups -OCH3 is 1. The number of carbonyl (C=O) groups is 2. The molecule has 8 rings (SSSR count). The molecular formula is C39H45ClN4O6S. The lowest BCUT2D eigenvalue weighted by molar-refractivity contribution is 0.0132. The Labute approximate surface area is 304 Å². The van der Waals surface area contributed by atoms with E-state index in [4.69, 9.17) is 25.8 Å². The van der Waals surface area contributed by atoms with Crippen LogP contribution in [0.1, 0.15) is 76.1 Å². The molecule has 10 nitrogen and oxygen atoms in total. The lowest BCUT2D eigenvalue weighted by atomic mass is 9.68. The van der Waals surface area contributed by atoms with Gasteiger partial charge in [0, 0.05) is 54.6 Å². The van der Waals surface area contributed by atoms with Gasteiger partial charge in [-0.05, 0) is 104 Å². The highest BCUT2D eigenvalue weighted by molar-refractivity contribution is 7.92. The highest BCUT2D eigenvalue weighted by Gasteiger charge is 2.44. The fraction of sp³-hybridized carbons (Fsp3) is 0.487. The summed E-state index contributed by atoms with van der Waals surface area (Å²) in [6.07, 6.45) is 12.1. The summed E-state index contributed by atoms with van der Waals surface area (Å²) in [5.74, 6) is 0.324. The van der Waals surface area contributed by atoms with Crippen LogP contribution in [0.4, 0.5) is 5.69 Å². The molecule has 4 heterocycles. The Morgan fingerprint density at radius 1 is 1.16 bits per heavy atom. The minimum Gasteiger partial charge on any atom is -0.490 e. The predicted molar refractivity (Wildman–Crippen MR) is 197 cm³/mol. The number of fused-ring (bicyclic) bond motifs is 5. The fourth-order valence-electron chi connectivity index (χ4n) is 8.66. The molecule has 12 heteroatoms. The van der Waals surface area contributed by atoms with E-state index in [1.54, 1.807) is 25.4 Å². The molecule has 270 valence electrons. The first-order valence-electron chi connectivity index (χ1n) is 18.1. The van der Waals surface area contributed by atoms with Crippen molar-refractivity contribution in [3.05, 3.63) is 93.8 Å². The van der Waals surface area contributed by atoms with Crippen LogP contribution in [0.3, 0.4) is 0 Å². The maximum atomic E-state index is 14.4. The zero-order valence-electron chi connectivity index (χ0n) is 29.0. The summed E-state index contributed by atoms with van der Waals surface area (Å²) >= 11 is 6.46. The molecule has 3 aliphatic heterocycles. The van der Waals surface area contributed by atoms with Gasteiger partial charge < -0.3 is 23.7 Å². The van der Waals surface area contributed by atoms with Gasteiger partial charge in [-0.2, -0.15) is 0 Å². The molecule has 51 heavy (non-hydrogen) atoms. The van der Waals surface area contributed by atoms with Gasteiger partial charge in [0.15, 0.2) is 0 Å². The summed E-state index contributed by atoms with van der Waals surface area (Å²) in [5, 5.41) is 0.742. The van der Waals surface area contributed by atoms with Crippen molar-refractivity contribution in [1.29, 1.82) is 0 Å². The van der Waals surface area contributed by atoms with E-state index in [-0.39, 0.29) is 17.3 Å². The van der Waals surface area contributed by atoms with E-state index in [0.717, 1.165) is 61.6 Å². The maximum Gasteiger partial charge on any atom is 0.286 e. The second-order valence-corrected chi connectivity index (χ2v) is 17.2.